The minimum absolute atomic E-state index is 0.578. The van der Waals surface area contributed by atoms with Crippen molar-refractivity contribution in [2.24, 2.45) is 0 Å². The van der Waals surface area contributed by atoms with Gasteiger partial charge < -0.3 is 5.73 Å². The van der Waals surface area contributed by atoms with Crippen LogP contribution < -0.4 is 5.73 Å². The van der Waals surface area contributed by atoms with Crippen molar-refractivity contribution >= 4 is 33.1 Å². The van der Waals surface area contributed by atoms with Crippen LogP contribution in [0.3, 0.4) is 0 Å². The number of halogens is 1. The molecule has 0 bridgehead atoms. The Bertz CT molecular complexity index is 544. The highest BCUT2D eigenvalue weighted by atomic mass is 79.9. The highest BCUT2D eigenvalue weighted by Crippen LogP contribution is 2.33. The summed E-state index contributed by atoms with van der Waals surface area (Å²) in [6, 6.07) is 2.05. The molecule has 2 N–H and O–H groups in total. The first-order valence-electron chi connectivity index (χ1n) is 5.42. The van der Waals surface area contributed by atoms with E-state index in [2.05, 4.69) is 39.7 Å². The van der Waals surface area contributed by atoms with E-state index >= 15 is 0 Å². The van der Waals surface area contributed by atoms with Gasteiger partial charge in [-0.2, -0.15) is 0 Å². The largest absolute Gasteiger partial charge is 0.383 e. The number of aromatic nitrogens is 2. The first-order valence-corrected chi connectivity index (χ1v) is 7.03. The highest BCUT2D eigenvalue weighted by molar-refractivity contribution is 9.10. The molecule has 2 rings (SSSR count). The lowest BCUT2D eigenvalue weighted by Gasteiger charge is -2.07. The smallest absolute Gasteiger partial charge is 0.171 e. The van der Waals surface area contributed by atoms with Gasteiger partial charge in [-0.15, -0.1) is 11.3 Å². The Morgan fingerprint density at radius 1 is 1.35 bits per heavy atom. The topological polar surface area (TPSA) is 51.8 Å². The Kier molecular flexibility index (Phi) is 3.49. The molecule has 0 spiro atoms. The fraction of sp³-hybridized carbons (Fsp3) is 0.333. The van der Waals surface area contributed by atoms with Gasteiger partial charge in [0.05, 0.1) is 4.88 Å². The van der Waals surface area contributed by atoms with Crippen LogP contribution in [0.5, 0.6) is 0 Å². The maximum atomic E-state index is 5.92. The number of hydrogen-bond acceptors (Lipinski definition) is 4. The summed E-state index contributed by atoms with van der Waals surface area (Å²) in [4.78, 5) is 11.2. The molecule has 0 radical (unpaired) electrons. The maximum Gasteiger partial charge on any atom is 0.171 e. The maximum absolute atomic E-state index is 5.92. The normalized spacial score (nSPS) is 10.8. The molecule has 5 heteroatoms. The molecular weight excluding hydrogens is 298 g/mol. The van der Waals surface area contributed by atoms with Gasteiger partial charge in [-0.1, -0.05) is 6.92 Å². The summed E-state index contributed by atoms with van der Waals surface area (Å²) in [5, 5.41) is 0. The summed E-state index contributed by atoms with van der Waals surface area (Å²) in [6.45, 7) is 6.11. The molecule has 3 nitrogen and oxygen atoms in total. The van der Waals surface area contributed by atoms with Crippen molar-refractivity contribution in [1.82, 2.24) is 9.97 Å². The molecule has 0 aliphatic carbocycles. The second-order valence-electron chi connectivity index (χ2n) is 3.87. The Labute approximate surface area is 113 Å². The number of thiophene rings is 1. The Hall–Kier alpha value is -0.940. The van der Waals surface area contributed by atoms with Crippen molar-refractivity contribution in [3.8, 4) is 10.7 Å². The predicted octanol–water partition coefficient (Wildman–Crippen LogP) is 3.73. The van der Waals surface area contributed by atoms with Gasteiger partial charge in [0.25, 0.3) is 0 Å². The van der Waals surface area contributed by atoms with Gasteiger partial charge in [-0.25, -0.2) is 9.97 Å². The van der Waals surface area contributed by atoms with Crippen molar-refractivity contribution in [2.45, 2.75) is 27.2 Å². The first-order chi connectivity index (χ1) is 8.02. The van der Waals surface area contributed by atoms with Crippen LogP contribution in [0.1, 0.15) is 23.1 Å². The quantitative estimate of drug-likeness (QED) is 0.919. The van der Waals surface area contributed by atoms with Crippen LogP contribution in [0.25, 0.3) is 10.7 Å². The van der Waals surface area contributed by atoms with Gasteiger partial charge in [0.2, 0.25) is 0 Å². The van der Waals surface area contributed by atoms with Crippen molar-refractivity contribution < 1.29 is 0 Å². The number of nitrogens with zero attached hydrogens (tertiary/aromatic N) is 2. The minimum Gasteiger partial charge on any atom is -0.383 e. The van der Waals surface area contributed by atoms with E-state index in [1.54, 1.807) is 11.3 Å². The Morgan fingerprint density at radius 2 is 2.06 bits per heavy atom. The summed E-state index contributed by atoms with van der Waals surface area (Å²) in [6.07, 6.45) is 0.872. The zero-order valence-electron chi connectivity index (χ0n) is 10.0. The number of hydrogen-bond donors (Lipinski definition) is 1. The minimum atomic E-state index is 0.578. The molecule has 2 aromatic rings. The monoisotopic (exact) mass is 311 g/mol. The molecule has 2 aromatic heterocycles. The van der Waals surface area contributed by atoms with Crippen molar-refractivity contribution in [3.05, 3.63) is 26.7 Å². The van der Waals surface area contributed by atoms with Crippen LogP contribution in [0.2, 0.25) is 0 Å². The van der Waals surface area contributed by atoms with Crippen LogP contribution >= 0.6 is 27.3 Å². The molecule has 90 valence electrons. The number of aryl methyl sites for hydroxylation is 2. The Morgan fingerprint density at radius 3 is 2.59 bits per heavy atom. The lowest BCUT2D eigenvalue weighted by Crippen LogP contribution is -2.03. The van der Waals surface area contributed by atoms with Crippen LogP contribution in [0.15, 0.2) is 10.5 Å². The van der Waals surface area contributed by atoms with Gasteiger partial charge in [0.15, 0.2) is 5.82 Å². The number of nitrogens with two attached hydrogens (primary N) is 1. The van der Waals surface area contributed by atoms with E-state index in [1.807, 2.05) is 13.0 Å². The molecule has 2 heterocycles. The van der Waals surface area contributed by atoms with E-state index in [0.29, 0.717) is 5.82 Å². The summed E-state index contributed by atoms with van der Waals surface area (Å²) in [5.41, 5.74) is 7.93. The van der Waals surface area contributed by atoms with Crippen molar-refractivity contribution in [1.29, 1.82) is 0 Å². The summed E-state index contributed by atoms with van der Waals surface area (Å²) >= 11 is 5.18. The number of anilines is 1. The average Bonchev–Trinajstić information content (AvgIpc) is 2.63. The third kappa shape index (κ3) is 2.35. The average molecular weight is 312 g/mol. The fourth-order valence-corrected chi connectivity index (χ4v) is 3.08. The molecule has 0 aliphatic rings. The molecule has 0 aromatic carbocycles. The molecule has 17 heavy (non-hydrogen) atoms. The standard InChI is InChI=1S/C12H14BrN3S/c1-4-9-6(2)11(14)16-12(15-9)10-5-8(13)7(3)17-10/h5H,4H2,1-3H3,(H2,14,15,16). The van der Waals surface area contributed by atoms with Crippen LogP contribution in [-0.2, 0) is 6.42 Å². The van der Waals surface area contributed by atoms with E-state index in [4.69, 9.17) is 5.73 Å². The van der Waals surface area contributed by atoms with Gasteiger partial charge in [0, 0.05) is 20.6 Å². The molecule has 0 unspecified atom stereocenters. The van der Waals surface area contributed by atoms with Gasteiger partial charge in [-0.3, -0.25) is 0 Å². The third-order valence-electron chi connectivity index (χ3n) is 2.70. The second kappa shape index (κ2) is 4.74. The van der Waals surface area contributed by atoms with E-state index in [-0.39, 0.29) is 0 Å². The van der Waals surface area contributed by atoms with E-state index in [9.17, 15) is 0 Å². The number of nitrogen functional groups attached to an aromatic ring is 1. The Balaban J connectivity index is 2.56. The summed E-state index contributed by atoms with van der Waals surface area (Å²) in [5.74, 6) is 1.30. The number of rotatable bonds is 2. The predicted molar refractivity (Wildman–Crippen MR) is 76.3 cm³/mol. The zero-order valence-corrected chi connectivity index (χ0v) is 12.4. The highest BCUT2D eigenvalue weighted by Gasteiger charge is 2.12. The molecular formula is C12H14BrN3S. The molecule has 0 aliphatic heterocycles. The molecule has 0 saturated heterocycles. The molecule has 0 amide bonds. The van der Waals surface area contributed by atoms with E-state index in [1.165, 1.54) is 4.88 Å². The van der Waals surface area contributed by atoms with E-state index in [0.717, 1.165) is 32.9 Å². The SMILES string of the molecule is CCc1nc(-c2cc(Br)c(C)s2)nc(N)c1C. The molecule has 0 fully saturated rings. The lowest BCUT2D eigenvalue weighted by molar-refractivity contribution is 0.984. The van der Waals surface area contributed by atoms with Crippen molar-refractivity contribution in [2.75, 3.05) is 5.73 Å². The lowest BCUT2D eigenvalue weighted by atomic mass is 10.2. The third-order valence-corrected chi connectivity index (χ3v) is 4.83. The summed E-state index contributed by atoms with van der Waals surface area (Å²) < 4.78 is 1.10. The van der Waals surface area contributed by atoms with Gasteiger partial charge in [0.1, 0.15) is 5.82 Å². The second-order valence-corrected chi connectivity index (χ2v) is 5.98. The van der Waals surface area contributed by atoms with Gasteiger partial charge >= 0.3 is 0 Å². The summed E-state index contributed by atoms with van der Waals surface area (Å²) in [7, 11) is 0. The van der Waals surface area contributed by atoms with Crippen LogP contribution in [0.4, 0.5) is 5.82 Å². The van der Waals surface area contributed by atoms with Crippen LogP contribution in [-0.4, -0.2) is 9.97 Å². The van der Waals surface area contributed by atoms with Crippen LogP contribution in [0, 0.1) is 13.8 Å². The molecule has 0 saturated carbocycles. The van der Waals surface area contributed by atoms with Crippen molar-refractivity contribution in [3.63, 3.8) is 0 Å². The van der Waals surface area contributed by atoms with Gasteiger partial charge in [-0.05, 0) is 42.3 Å². The molecule has 0 atom stereocenters. The fourth-order valence-electron chi connectivity index (χ4n) is 1.61. The first kappa shape index (κ1) is 12.5. The zero-order chi connectivity index (χ0) is 12.6. The van der Waals surface area contributed by atoms with E-state index < -0.39 is 0 Å².